The Balaban J connectivity index is 1.80. The lowest BCUT2D eigenvalue weighted by atomic mass is 10.2. The summed E-state index contributed by atoms with van der Waals surface area (Å²) in [6, 6.07) is 18.2. The van der Waals surface area contributed by atoms with Crippen molar-refractivity contribution in [1.29, 1.82) is 0 Å². The molecule has 0 atom stereocenters. The van der Waals surface area contributed by atoms with Gasteiger partial charge in [0.05, 0.1) is 0 Å². The number of carbonyl (C=O) groups is 1. The Morgan fingerprint density at radius 1 is 1.13 bits per heavy atom. The van der Waals surface area contributed by atoms with Gasteiger partial charge in [-0.2, -0.15) is 0 Å². The van der Waals surface area contributed by atoms with Gasteiger partial charge in [0, 0.05) is 29.4 Å². The van der Waals surface area contributed by atoms with Crippen LogP contribution in [-0.4, -0.2) is 28.6 Å². The fraction of sp³-hybridized carbons (Fsp3) is 0.211. The topological polar surface area (TPSA) is 36.1 Å². The largest absolute Gasteiger partial charge is 0.351 e. The zero-order chi connectivity index (χ0) is 16.2. The van der Waals surface area contributed by atoms with Crippen LogP contribution in [0.5, 0.6) is 0 Å². The highest BCUT2D eigenvalue weighted by molar-refractivity contribution is 7.99. The summed E-state index contributed by atoms with van der Waals surface area (Å²) in [5, 5.41) is 1.08. The molecule has 4 heteroatoms. The van der Waals surface area contributed by atoms with Crippen LogP contribution < -0.4 is 0 Å². The second-order valence-corrected chi connectivity index (χ2v) is 6.85. The number of thioether (sulfide) groups is 1. The van der Waals surface area contributed by atoms with Crippen LogP contribution in [-0.2, 0) is 6.54 Å². The van der Waals surface area contributed by atoms with Crippen molar-refractivity contribution >= 4 is 28.6 Å². The third-order valence-electron chi connectivity index (χ3n) is 3.74. The van der Waals surface area contributed by atoms with E-state index in [0.29, 0.717) is 12.2 Å². The molecule has 1 heterocycles. The van der Waals surface area contributed by atoms with Crippen LogP contribution in [0.1, 0.15) is 23.0 Å². The van der Waals surface area contributed by atoms with Gasteiger partial charge in [0.2, 0.25) is 0 Å². The fourth-order valence-corrected chi connectivity index (χ4v) is 3.33. The standard InChI is InChI=1S/C19H20N2OS/c1-3-23-16-9-10-17-15(11-16)12-18(20-17)19(22)21(2)13-14-7-5-4-6-8-14/h4-12,20H,3,13H2,1-2H3. The quantitative estimate of drug-likeness (QED) is 0.699. The van der Waals surface area contributed by atoms with E-state index in [-0.39, 0.29) is 5.91 Å². The summed E-state index contributed by atoms with van der Waals surface area (Å²) in [4.78, 5) is 18.8. The average molecular weight is 324 g/mol. The summed E-state index contributed by atoms with van der Waals surface area (Å²) < 4.78 is 0. The number of nitrogens with zero attached hydrogens (tertiary/aromatic N) is 1. The molecule has 0 fully saturated rings. The Labute approximate surface area is 140 Å². The van der Waals surface area contributed by atoms with Crippen molar-refractivity contribution in [3.8, 4) is 0 Å². The Bertz CT molecular complexity index is 811. The summed E-state index contributed by atoms with van der Waals surface area (Å²) >= 11 is 1.81. The number of nitrogens with one attached hydrogen (secondary N) is 1. The molecule has 0 aliphatic carbocycles. The van der Waals surface area contributed by atoms with Crippen molar-refractivity contribution in [2.24, 2.45) is 0 Å². The van der Waals surface area contributed by atoms with Crippen LogP contribution in [0.15, 0.2) is 59.5 Å². The van der Waals surface area contributed by atoms with Gasteiger partial charge in [0.25, 0.3) is 5.91 Å². The molecule has 3 aromatic rings. The van der Waals surface area contributed by atoms with Gasteiger partial charge in [-0.15, -0.1) is 11.8 Å². The minimum atomic E-state index is 0.00903. The zero-order valence-corrected chi connectivity index (χ0v) is 14.2. The molecule has 0 bridgehead atoms. The Morgan fingerprint density at radius 2 is 1.91 bits per heavy atom. The number of carbonyl (C=O) groups excluding carboxylic acids is 1. The monoisotopic (exact) mass is 324 g/mol. The molecule has 3 nitrogen and oxygen atoms in total. The van der Waals surface area contributed by atoms with Crippen molar-refractivity contribution in [2.45, 2.75) is 18.4 Å². The summed E-state index contributed by atoms with van der Waals surface area (Å²) in [6.07, 6.45) is 0. The highest BCUT2D eigenvalue weighted by Crippen LogP contribution is 2.24. The van der Waals surface area contributed by atoms with Crippen molar-refractivity contribution in [3.63, 3.8) is 0 Å². The molecule has 0 spiro atoms. The average Bonchev–Trinajstić information content (AvgIpc) is 2.98. The molecule has 3 rings (SSSR count). The van der Waals surface area contributed by atoms with Gasteiger partial charge in [0.15, 0.2) is 0 Å². The van der Waals surface area contributed by atoms with E-state index in [1.54, 1.807) is 16.7 Å². The van der Waals surface area contributed by atoms with E-state index in [0.717, 1.165) is 22.2 Å². The summed E-state index contributed by atoms with van der Waals surface area (Å²) in [7, 11) is 1.83. The molecular formula is C19H20N2OS. The van der Waals surface area contributed by atoms with E-state index < -0.39 is 0 Å². The molecule has 23 heavy (non-hydrogen) atoms. The van der Waals surface area contributed by atoms with Crippen molar-refractivity contribution in [3.05, 3.63) is 65.9 Å². The first-order chi connectivity index (χ1) is 11.2. The van der Waals surface area contributed by atoms with Gasteiger partial charge in [-0.05, 0) is 35.6 Å². The third kappa shape index (κ3) is 3.59. The van der Waals surface area contributed by atoms with Crippen LogP contribution in [0.2, 0.25) is 0 Å². The number of amides is 1. The smallest absolute Gasteiger partial charge is 0.270 e. The molecule has 118 valence electrons. The van der Waals surface area contributed by atoms with E-state index in [9.17, 15) is 4.79 Å². The SMILES string of the molecule is CCSc1ccc2[nH]c(C(=O)N(C)Cc3ccccc3)cc2c1. The van der Waals surface area contributed by atoms with Crippen molar-refractivity contribution < 1.29 is 4.79 Å². The molecule has 0 saturated carbocycles. The first kappa shape index (κ1) is 15.7. The van der Waals surface area contributed by atoms with E-state index in [1.165, 1.54) is 4.90 Å². The molecule has 1 amide bonds. The minimum absolute atomic E-state index is 0.00903. The maximum absolute atomic E-state index is 12.6. The lowest BCUT2D eigenvalue weighted by Gasteiger charge is -2.16. The van der Waals surface area contributed by atoms with E-state index in [1.807, 2.05) is 49.5 Å². The molecule has 2 aromatic carbocycles. The highest BCUT2D eigenvalue weighted by Gasteiger charge is 2.14. The molecule has 1 aromatic heterocycles. The van der Waals surface area contributed by atoms with Crippen LogP contribution in [0.3, 0.4) is 0 Å². The first-order valence-electron chi connectivity index (χ1n) is 7.72. The number of fused-ring (bicyclic) bond motifs is 1. The van der Waals surface area contributed by atoms with E-state index in [4.69, 9.17) is 0 Å². The molecule has 0 saturated heterocycles. The van der Waals surface area contributed by atoms with Gasteiger partial charge in [-0.3, -0.25) is 4.79 Å². The molecule has 1 N–H and O–H groups in total. The van der Waals surface area contributed by atoms with Crippen LogP contribution in [0, 0.1) is 0 Å². The molecule has 0 radical (unpaired) electrons. The molecule has 0 aliphatic rings. The van der Waals surface area contributed by atoms with E-state index >= 15 is 0 Å². The predicted molar refractivity (Wildman–Crippen MR) is 96.9 cm³/mol. The highest BCUT2D eigenvalue weighted by atomic mass is 32.2. The Kier molecular flexibility index (Phi) is 4.72. The summed E-state index contributed by atoms with van der Waals surface area (Å²) in [5.74, 6) is 1.05. The fourth-order valence-electron chi connectivity index (χ4n) is 2.62. The molecule has 0 unspecified atom stereocenters. The van der Waals surface area contributed by atoms with Gasteiger partial charge in [-0.1, -0.05) is 37.3 Å². The number of aromatic nitrogens is 1. The normalized spacial score (nSPS) is 10.9. The van der Waals surface area contributed by atoms with Gasteiger partial charge in [-0.25, -0.2) is 0 Å². The van der Waals surface area contributed by atoms with Gasteiger partial charge < -0.3 is 9.88 Å². The third-order valence-corrected chi connectivity index (χ3v) is 4.62. The van der Waals surface area contributed by atoms with Crippen molar-refractivity contribution in [1.82, 2.24) is 9.88 Å². The maximum atomic E-state index is 12.6. The summed E-state index contributed by atoms with van der Waals surface area (Å²) in [5.41, 5.74) is 2.76. The molecule has 0 aliphatic heterocycles. The zero-order valence-electron chi connectivity index (χ0n) is 13.4. The lowest BCUT2D eigenvalue weighted by molar-refractivity contribution is 0.0780. The second kappa shape index (κ2) is 6.92. The van der Waals surface area contributed by atoms with Gasteiger partial charge in [0.1, 0.15) is 5.69 Å². The van der Waals surface area contributed by atoms with Crippen molar-refractivity contribution in [2.75, 3.05) is 12.8 Å². The van der Waals surface area contributed by atoms with Gasteiger partial charge >= 0.3 is 0 Å². The maximum Gasteiger partial charge on any atom is 0.270 e. The Hall–Kier alpha value is -2.20. The summed E-state index contributed by atoms with van der Waals surface area (Å²) in [6.45, 7) is 2.74. The number of H-pyrrole nitrogens is 1. The Morgan fingerprint density at radius 3 is 2.65 bits per heavy atom. The van der Waals surface area contributed by atoms with Crippen LogP contribution in [0.25, 0.3) is 10.9 Å². The number of aromatic amines is 1. The predicted octanol–water partition coefficient (Wildman–Crippen LogP) is 4.55. The number of rotatable bonds is 5. The number of benzene rings is 2. The van der Waals surface area contributed by atoms with Crippen LogP contribution >= 0.6 is 11.8 Å². The second-order valence-electron chi connectivity index (χ2n) is 5.51. The van der Waals surface area contributed by atoms with E-state index in [2.05, 4.69) is 24.0 Å². The number of hydrogen-bond acceptors (Lipinski definition) is 2. The first-order valence-corrected chi connectivity index (χ1v) is 8.71. The molecular weight excluding hydrogens is 304 g/mol. The minimum Gasteiger partial charge on any atom is -0.351 e. The van der Waals surface area contributed by atoms with Crippen LogP contribution in [0.4, 0.5) is 0 Å². The lowest BCUT2D eigenvalue weighted by Crippen LogP contribution is -2.26. The number of hydrogen-bond donors (Lipinski definition) is 1.